The molecule has 10 nitrogen and oxygen atoms in total. The molecule has 0 unspecified atom stereocenters. The number of hydrogen-bond donors (Lipinski definition) is 2. The fourth-order valence-electron chi connectivity index (χ4n) is 3.19. The van der Waals surface area contributed by atoms with Crippen molar-refractivity contribution in [3.8, 4) is 11.5 Å². The minimum Gasteiger partial charge on any atom is -0.492 e. The molecular formula is C26H40N2O8. The van der Waals surface area contributed by atoms with Gasteiger partial charge in [-0.1, -0.05) is 36.4 Å². The first-order valence-corrected chi connectivity index (χ1v) is 11.9. The number of nitrogens with two attached hydrogens (primary N) is 2. The number of hydrogen-bond acceptors (Lipinski definition) is 10. The van der Waals surface area contributed by atoms with Gasteiger partial charge in [0.15, 0.2) is 0 Å². The van der Waals surface area contributed by atoms with Crippen molar-refractivity contribution in [3.05, 3.63) is 60.7 Å². The minimum absolute atomic E-state index is 0.0241. The molecular weight excluding hydrogens is 468 g/mol. The van der Waals surface area contributed by atoms with Gasteiger partial charge in [-0.3, -0.25) is 0 Å². The van der Waals surface area contributed by atoms with Crippen molar-refractivity contribution >= 4 is 0 Å². The molecule has 0 aliphatic heterocycles. The monoisotopic (exact) mass is 508 g/mol. The third-order valence-corrected chi connectivity index (χ3v) is 5.09. The summed E-state index contributed by atoms with van der Waals surface area (Å²) in [5, 5.41) is 0. The van der Waals surface area contributed by atoms with Gasteiger partial charge in [0.05, 0.1) is 38.5 Å². The zero-order valence-electron chi connectivity index (χ0n) is 21.2. The van der Waals surface area contributed by atoms with Gasteiger partial charge in [-0.15, -0.1) is 0 Å². The molecule has 2 rings (SSSR count). The van der Waals surface area contributed by atoms with Crippen LogP contribution in [0.3, 0.4) is 0 Å². The number of benzene rings is 2. The Bertz CT molecular complexity index is 706. The van der Waals surface area contributed by atoms with Crippen LogP contribution in [0.2, 0.25) is 0 Å². The van der Waals surface area contributed by atoms with E-state index in [1.807, 2.05) is 60.7 Å². The van der Waals surface area contributed by atoms with Crippen LogP contribution >= 0.6 is 0 Å². The van der Waals surface area contributed by atoms with E-state index in [0.29, 0.717) is 37.9 Å². The Labute approximate surface area is 213 Å². The fourth-order valence-corrected chi connectivity index (χ4v) is 3.19. The third kappa shape index (κ3) is 12.1. The predicted octanol–water partition coefficient (Wildman–Crippen LogP) is 1.81. The molecule has 10 heteroatoms. The van der Waals surface area contributed by atoms with Crippen LogP contribution in [0.4, 0.5) is 0 Å². The van der Waals surface area contributed by atoms with E-state index in [4.69, 9.17) is 49.4 Å². The van der Waals surface area contributed by atoms with Crippen LogP contribution in [0.1, 0.15) is 0 Å². The van der Waals surface area contributed by atoms with E-state index in [9.17, 15) is 0 Å². The first-order chi connectivity index (χ1) is 17.7. The summed E-state index contributed by atoms with van der Waals surface area (Å²) >= 11 is 0. The van der Waals surface area contributed by atoms with Crippen LogP contribution in [0.5, 0.6) is 11.5 Å². The number of para-hydroxylation sites is 2. The van der Waals surface area contributed by atoms with Gasteiger partial charge in [0.1, 0.15) is 50.5 Å². The maximum Gasteiger partial charge on any atom is 0.147 e. The number of methoxy groups -OCH3 is 2. The third-order valence-electron chi connectivity index (χ3n) is 5.09. The number of rotatable bonds is 21. The van der Waals surface area contributed by atoms with Gasteiger partial charge in [0, 0.05) is 14.2 Å². The van der Waals surface area contributed by atoms with Crippen LogP contribution in [-0.2, 0) is 28.4 Å². The maximum atomic E-state index is 6.54. The Balaban J connectivity index is 2.08. The molecule has 0 amide bonds. The van der Waals surface area contributed by atoms with Crippen LogP contribution in [0.25, 0.3) is 0 Å². The van der Waals surface area contributed by atoms with Crippen LogP contribution < -0.4 is 20.9 Å². The van der Waals surface area contributed by atoms with Gasteiger partial charge in [0.25, 0.3) is 0 Å². The highest BCUT2D eigenvalue weighted by Gasteiger charge is 2.35. The largest absolute Gasteiger partial charge is 0.492 e. The lowest BCUT2D eigenvalue weighted by Gasteiger charge is -2.34. The normalized spacial score (nSPS) is 14.7. The highest BCUT2D eigenvalue weighted by Crippen LogP contribution is 2.17. The maximum absolute atomic E-state index is 6.54. The molecule has 0 aliphatic carbocycles. The summed E-state index contributed by atoms with van der Waals surface area (Å²) in [6, 6.07) is 17.6. The van der Waals surface area contributed by atoms with Crippen molar-refractivity contribution in [1.29, 1.82) is 0 Å². The lowest BCUT2D eigenvalue weighted by Crippen LogP contribution is -2.57. The van der Waals surface area contributed by atoms with Crippen molar-refractivity contribution in [3.63, 3.8) is 0 Å². The van der Waals surface area contributed by atoms with Crippen molar-refractivity contribution < 1.29 is 37.9 Å². The number of ether oxygens (including phenoxy) is 8. The summed E-state index contributed by atoms with van der Waals surface area (Å²) in [6.45, 7) is 1.91. The van der Waals surface area contributed by atoms with Crippen molar-refractivity contribution in [1.82, 2.24) is 0 Å². The minimum atomic E-state index is -0.684. The van der Waals surface area contributed by atoms with E-state index in [1.54, 1.807) is 14.2 Å². The zero-order chi connectivity index (χ0) is 25.8. The summed E-state index contributed by atoms with van der Waals surface area (Å²) in [4.78, 5) is 0. The van der Waals surface area contributed by atoms with Gasteiger partial charge in [0.2, 0.25) is 0 Å². The van der Waals surface area contributed by atoms with E-state index in [2.05, 4.69) is 0 Å². The molecule has 4 atom stereocenters. The molecule has 2 aromatic carbocycles. The fraction of sp³-hybridized carbons (Fsp3) is 0.538. The topological polar surface area (TPSA) is 126 Å². The first-order valence-electron chi connectivity index (χ1n) is 11.9. The Morgan fingerprint density at radius 2 is 0.972 bits per heavy atom. The molecule has 2 aromatic rings. The predicted molar refractivity (Wildman–Crippen MR) is 135 cm³/mol. The smallest absolute Gasteiger partial charge is 0.147 e. The molecule has 36 heavy (non-hydrogen) atoms. The molecule has 202 valence electrons. The summed E-state index contributed by atoms with van der Waals surface area (Å²) < 4.78 is 44.9. The highest BCUT2D eigenvalue weighted by atomic mass is 16.7. The standard InChI is InChI=1S/C26H40N2O8/c1-29-13-15-31-19-35-25(23(27)17-33-21-9-5-3-6-10-21)26(36-20-32-16-14-30-2)24(28)18-34-22-11-7-4-8-12-22/h3-12,23-26H,13-20,27-28H2,1-2H3/t23-,24-,25-,26-/m1/s1. The summed E-state index contributed by atoms with van der Waals surface area (Å²) in [5.74, 6) is 1.39. The van der Waals surface area contributed by atoms with E-state index in [1.165, 1.54) is 0 Å². The Kier molecular flexibility index (Phi) is 15.7. The first kappa shape index (κ1) is 29.9. The highest BCUT2D eigenvalue weighted by molar-refractivity contribution is 5.21. The van der Waals surface area contributed by atoms with Gasteiger partial charge in [-0.25, -0.2) is 0 Å². The lowest BCUT2D eigenvalue weighted by molar-refractivity contribution is -0.184. The van der Waals surface area contributed by atoms with Gasteiger partial charge in [-0.2, -0.15) is 0 Å². The van der Waals surface area contributed by atoms with E-state index in [-0.39, 0.29) is 26.8 Å². The summed E-state index contributed by atoms with van der Waals surface area (Å²) in [6.07, 6.45) is -1.37. The molecule has 0 fully saturated rings. The molecule has 0 heterocycles. The molecule has 0 spiro atoms. The Hall–Kier alpha value is -2.28. The Morgan fingerprint density at radius 3 is 1.33 bits per heavy atom. The average Bonchev–Trinajstić information content (AvgIpc) is 2.92. The van der Waals surface area contributed by atoms with E-state index in [0.717, 1.165) is 0 Å². The second-order valence-corrected chi connectivity index (χ2v) is 7.88. The molecule has 0 saturated heterocycles. The van der Waals surface area contributed by atoms with Gasteiger partial charge < -0.3 is 49.4 Å². The van der Waals surface area contributed by atoms with Crippen molar-refractivity contribution in [2.45, 2.75) is 24.3 Å². The van der Waals surface area contributed by atoms with Crippen LogP contribution in [0, 0.1) is 0 Å². The quantitative estimate of drug-likeness (QED) is 0.190. The van der Waals surface area contributed by atoms with Gasteiger partial charge in [-0.05, 0) is 24.3 Å². The molecule has 4 N–H and O–H groups in total. The van der Waals surface area contributed by atoms with Crippen LogP contribution in [-0.4, -0.2) is 91.7 Å². The Morgan fingerprint density at radius 1 is 0.583 bits per heavy atom. The lowest BCUT2D eigenvalue weighted by atomic mass is 10.0. The molecule has 0 aromatic heterocycles. The summed E-state index contributed by atoms with van der Waals surface area (Å²) in [5.41, 5.74) is 13.1. The summed E-state index contributed by atoms with van der Waals surface area (Å²) in [7, 11) is 3.20. The van der Waals surface area contributed by atoms with Crippen molar-refractivity contribution in [2.75, 3.05) is 67.4 Å². The SMILES string of the molecule is COCCOCO[C@@H]([C@H](OCOCCOC)[C@H](N)COc1ccccc1)[C@H](N)COc1ccccc1. The van der Waals surface area contributed by atoms with E-state index < -0.39 is 24.3 Å². The van der Waals surface area contributed by atoms with E-state index >= 15 is 0 Å². The molecule has 0 bridgehead atoms. The average molecular weight is 509 g/mol. The molecule has 0 saturated carbocycles. The van der Waals surface area contributed by atoms with Gasteiger partial charge >= 0.3 is 0 Å². The zero-order valence-corrected chi connectivity index (χ0v) is 21.2. The van der Waals surface area contributed by atoms with Crippen LogP contribution in [0.15, 0.2) is 60.7 Å². The molecule has 0 radical (unpaired) electrons. The second-order valence-electron chi connectivity index (χ2n) is 7.88. The second kappa shape index (κ2) is 18.9. The molecule has 0 aliphatic rings. The van der Waals surface area contributed by atoms with Crippen molar-refractivity contribution in [2.24, 2.45) is 11.5 Å².